The molecule has 0 atom stereocenters. The third-order valence-corrected chi connectivity index (χ3v) is 4.28. The molecule has 0 bridgehead atoms. The first-order valence-electron chi connectivity index (χ1n) is 7.18. The maximum atomic E-state index is 12.5. The Labute approximate surface area is 139 Å². The number of carbonyl (C=O) groups is 1. The van der Waals surface area contributed by atoms with E-state index in [1.54, 1.807) is 29.4 Å². The zero-order valence-electron chi connectivity index (χ0n) is 12.7. The van der Waals surface area contributed by atoms with Crippen LogP contribution in [0, 0.1) is 6.92 Å². The molecule has 4 nitrogen and oxygen atoms in total. The summed E-state index contributed by atoms with van der Waals surface area (Å²) in [5.41, 5.74) is 1.99. The minimum Gasteiger partial charge on any atom is -0.465 e. The van der Waals surface area contributed by atoms with Crippen LogP contribution in [0.1, 0.15) is 11.3 Å². The first-order valence-corrected chi connectivity index (χ1v) is 8.00. The minimum absolute atomic E-state index is 0.0860. The van der Waals surface area contributed by atoms with Crippen molar-refractivity contribution in [2.45, 2.75) is 6.92 Å². The summed E-state index contributed by atoms with van der Waals surface area (Å²) in [5.74, 6) is 0.563. The molecular weight excluding hydrogens is 308 g/mol. The fourth-order valence-electron chi connectivity index (χ4n) is 2.11. The Balaban J connectivity index is 1.93. The molecule has 1 aromatic carbocycles. The van der Waals surface area contributed by atoms with E-state index in [-0.39, 0.29) is 5.91 Å². The Morgan fingerprint density at radius 1 is 1.30 bits per heavy atom. The molecule has 1 aliphatic heterocycles. The van der Waals surface area contributed by atoms with Crippen LogP contribution in [0.3, 0.4) is 0 Å². The van der Waals surface area contributed by atoms with Crippen molar-refractivity contribution in [1.82, 2.24) is 4.90 Å². The molecule has 0 aliphatic carbocycles. The summed E-state index contributed by atoms with van der Waals surface area (Å²) in [7, 11) is 0. The molecule has 0 unspecified atom stereocenters. The van der Waals surface area contributed by atoms with Crippen LogP contribution >= 0.6 is 11.8 Å². The third-order valence-electron chi connectivity index (χ3n) is 3.28. The normalized spacial score (nSPS) is 18.1. The number of rotatable bonds is 4. The number of aryl methyl sites for hydroxylation is 1. The van der Waals surface area contributed by atoms with Crippen molar-refractivity contribution < 1.29 is 9.21 Å². The molecule has 0 spiro atoms. The van der Waals surface area contributed by atoms with Gasteiger partial charge in [0.05, 0.1) is 16.9 Å². The molecule has 1 amide bonds. The number of aliphatic imine (C=N–C) groups is 1. The Morgan fingerprint density at radius 3 is 2.74 bits per heavy atom. The second kappa shape index (κ2) is 6.71. The summed E-state index contributed by atoms with van der Waals surface area (Å²) in [4.78, 5) is 19.3. The van der Waals surface area contributed by atoms with Gasteiger partial charge < -0.3 is 4.42 Å². The van der Waals surface area contributed by atoms with E-state index in [1.807, 2.05) is 37.3 Å². The highest BCUT2D eigenvalue weighted by Gasteiger charge is 2.32. The van der Waals surface area contributed by atoms with Gasteiger partial charge in [0.1, 0.15) is 5.76 Å². The van der Waals surface area contributed by atoms with E-state index in [0.29, 0.717) is 22.4 Å². The van der Waals surface area contributed by atoms with Crippen LogP contribution in [0.4, 0.5) is 5.69 Å². The fraction of sp³-hybridized carbons (Fsp3) is 0.111. The number of hydrogen-bond acceptors (Lipinski definition) is 4. The van der Waals surface area contributed by atoms with Crippen LogP contribution in [-0.4, -0.2) is 22.5 Å². The largest absolute Gasteiger partial charge is 0.465 e. The van der Waals surface area contributed by atoms with E-state index in [9.17, 15) is 4.79 Å². The molecule has 2 aromatic rings. The van der Waals surface area contributed by atoms with Crippen LogP contribution in [-0.2, 0) is 4.79 Å². The third kappa shape index (κ3) is 3.46. The molecule has 5 heteroatoms. The van der Waals surface area contributed by atoms with Gasteiger partial charge in [0.15, 0.2) is 5.17 Å². The van der Waals surface area contributed by atoms with Crippen molar-refractivity contribution in [3.8, 4) is 0 Å². The Bertz CT molecular complexity index is 774. The lowest BCUT2D eigenvalue weighted by atomic mass is 10.2. The van der Waals surface area contributed by atoms with E-state index in [4.69, 9.17) is 4.42 Å². The van der Waals surface area contributed by atoms with Crippen molar-refractivity contribution in [2.75, 3.05) is 6.54 Å². The van der Waals surface area contributed by atoms with Gasteiger partial charge in [-0.25, -0.2) is 4.99 Å². The predicted octanol–water partition coefficient (Wildman–Crippen LogP) is 4.38. The van der Waals surface area contributed by atoms with Gasteiger partial charge in [-0.15, -0.1) is 6.58 Å². The molecular formula is C18H16N2O2S. The van der Waals surface area contributed by atoms with Crippen molar-refractivity contribution in [1.29, 1.82) is 0 Å². The number of carbonyl (C=O) groups excluding carboxylic acids is 1. The lowest BCUT2D eigenvalue weighted by molar-refractivity contribution is -0.121. The first-order chi connectivity index (χ1) is 11.2. The van der Waals surface area contributed by atoms with Gasteiger partial charge in [-0.3, -0.25) is 9.69 Å². The maximum Gasteiger partial charge on any atom is 0.267 e. The molecule has 0 N–H and O–H groups in total. The Hall–Kier alpha value is -2.53. The van der Waals surface area contributed by atoms with Crippen LogP contribution in [0.15, 0.2) is 69.6 Å². The second-order valence-corrected chi connectivity index (χ2v) is 6.07. The Morgan fingerprint density at radius 2 is 2.09 bits per heavy atom. The zero-order valence-corrected chi connectivity index (χ0v) is 13.5. The smallest absolute Gasteiger partial charge is 0.267 e. The lowest BCUT2D eigenvalue weighted by Gasteiger charge is -2.12. The maximum absolute atomic E-state index is 12.5. The monoisotopic (exact) mass is 324 g/mol. The SMILES string of the molecule is C=CCN1C(=O)/C(=C\c2ccco2)SC1=Nc1ccc(C)cc1. The van der Waals surface area contributed by atoms with Crippen molar-refractivity contribution in [3.63, 3.8) is 0 Å². The second-order valence-electron chi connectivity index (χ2n) is 5.06. The van der Waals surface area contributed by atoms with Crippen LogP contribution < -0.4 is 0 Å². The number of furan rings is 1. The number of amidine groups is 1. The molecule has 2 heterocycles. The van der Waals surface area contributed by atoms with E-state index in [2.05, 4.69) is 11.6 Å². The summed E-state index contributed by atoms with van der Waals surface area (Å²) in [6, 6.07) is 11.5. The molecule has 0 saturated carbocycles. The molecule has 1 aliphatic rings. The van der Waals surface area contributed by atoms with Crippen LogP contribution in [0.2, 0.25) is 0 Å². The van der Waals surface area contributed by atoms with E-state index >= 15 is 0 Å². The number of benzene rings is 1. The van der Waals surface area contributed by atoms with Gasteiger partial charge >= 0.3 is 0 Å². The predicted molar refractivity (Wildman–Crippen MR) is 94.5 cm³/mol. The van der Waals surface area contributed by atoms with E-state index in [0.717, 1.165) is 5.69 Å². The number of hydrogen-bond donors (Lipinski definition) is 0. The topological polar surface area (TPSA) is 45.8 Å². The zero-order chi connectivity index (χ0) is 16.2. The number of thioether (sulfide) groups is 1. The minimum atomic E-state index is -0.0860. The average Bonchev–Trinajstić information content (AvgIpc) is 3.14. The van der Waals surface area contributed by atoms with Gasteiger partial charge in [-0.2, -0.15) is 0 Å². The highest BCUT2D eigenvalue weighted by Crippen LogP contribution is 2.34. The quantitative estimate of drug-likeness (QED) is 0.619. The highest BCUT2D eigenvalue weighted by atomic mass is 32.2. The summed E-state index contributed by atoms with van der Waals surface area (Å²) in [6.07, 6.45) is 5.01. The molecule has 1 saturated heterocycles. The number of nitrogens with zero attached hydrogens (tertiary/aromatic N) is 2. The highest BCUT2D eigenvalue weighted by molar-refractivity contribution is 8.18. The van der Waals surface area contributed by atoms with Crippen LogP contribution in [0.25, 0.3) is 6.08 Å². The van der Waals surface area contributed by atoms with Gasteiger partial charge in [-0.1, -0.05) is 23.8 Å². The van der Waals surface area contributed by atoms with E-state index < -0.39 is 0 Å². The summed E-state index contributed by atoms with van der Waals surface area (Å²) in [5, 5.41) is 0.650. The average molecular weight is 324 g/mol. The fourth-order valence-corrected chi connectivity index (χ4v) is 3.10. The molecule has 1 aromatic heterocycles. The van der Waals surface area contributed by atoms with Gasteiger partial charge in [0.2, 0.25) is 0 Å². The first kappa shape index (κ1) is 15.4. The summed E-state index contributed by atoms with van der Waals surface area (Å²) >= 11 is 1.34. The van der Waals surface area contributed by atoms with E-state index in [1.165, 1.54) is 17.3 Å². The summed E-state index contributed by atoms with van der Waals surface area (Å²) in [6.45, 7) is 6.17. The van der Waals surface area contributed by atoms with Crippen molar-refractivity contribution in [2.24, 2.45) is 4.99 Å². The standard InChI is InChI=1S/C18H16N2O2S/c1-3-10-20-17(21)16(12-15-5-4-11-22-15)23-18(20)19-14-8-6-13(2)7-9-14/h3-9,11-12H,1,10H2,2H3/b16-12+,19-18?. The molecule has 116 valence electrons. The van der Waals surface area contributed by atoms with Gasteiger partial charge in [-0.05, 0) is 43.0 Å². The molecule has 0 radical (unpaired) electrons. The van der Waals surface area contributed by atoms with Gasteiger partial charge in [0, 0.05) is 12.6 Å². The van der Waals surface area contributed by atoms with Gasteiger partial charge in [0.25, 0.3) is 5.91 Å². The van der Waals surface area contributed by atoms with Crippen LogP contribution in [0.5, 0.6) is 0 Å². The summed E-state index contributed by atoms with van der Waals surface area (Å²) < 4.78 is 5.29. The number of amides is 1. The lowest BCUT2D eigenvalue weighted by Crippen LogP contribution is -2.29. The molecule has 23 heavy (non-hydrogen) atoms. The molecule has 3 rings (SSSR count). The van der Waals surface area contributed by atoms with Crippen molar-refractivity contribution in [3.05, 3.63) is 71.5 Å². The Kier molecular flexibility index (Phi) is 4.48. The molecule has 1 fully saturated rings. The van der Waals surface area contributed by atoms with Crippen molar-refractivity contribution >= 4 is 34.6 Å².